The molecular weight excluding hydrogens is 435 g/mol. The number of benzene rings is 2. The summed E-state index contributed by atoms with van der Waals surface area (Å²) in [7, 11) is 0. The highest BCUT2D eigenvalue weighted by Crippen LogP contribution is 2.50. The van der Waals surface area contributed by atoms with E-state index in [4.69, 9.17) is 9.84 Å². The summed E-state index contributed by atoms with van der Waals surface area (Å²) < 4.78 is 20.5. The number of ether oxygens (including phenoxy) is 1. The van der Waals surface area contributed by atoms with Crippen molar-refractivity contribution in [3.63, 3.8) is 0 Å². The number of carbonyl (C=O) groups excluding carboxylic acids is 1. The summed E-state index contributed by atoms with van der Waals surface area (Å²) in [4.78, 5) is 15.5. The van der Waals surface area contributed by atoms with Crippen LogP contribution in [0, 0.1) is 18.2 Å². The maximum Gasteiger partial charge on any atom is 0.235 e. The zero-order valence-electron chi connectivity index (χ0n) is 20.4. The third kappa shape index (κ3) is 4.51. The van der Waals surface area contributed by atoms with E-state index in [1.165, 1.54) is 6.07 Å². The van der Waals surface area contributed by atoms with Crippen molar-refractivity contribution in [1.29, 1.82) is 0 Å². The molecule has 1 fully saturated rings. The van der Waals surface area contributed by atoms with Crippen LogP contribution in [0.3, 0.4) is 0 Å². The Labute approximate surface area is 200 Å². The van der Waals surface area contributed by atoms with Gasteiger partial charge in [-0.2, -0.15) is 0 Å². The third-order valence-corrected chi connectivity index (χ3v) is 7.22. The van der Waals surface area contributed by atoms with Crippen LogP contribution in [0.4, 0.5) is 15.8 Å². The normalized spacial score (nSPS) is 18.6. The summed E-state index contributed by atoms with van der Waals surface area (Å²) in [5, 5.41) is 21.3. The fraction of sp³-hybridized carbons (Fsp3) is 0.519. The molecule has 2 aromatic rings. The molecule has 1 heterocycles. The molecule has 0 bridgehead atoms. The van der Waals surface area contributed by atoms with Crippen LogP contribution >= 0.6 is 0 Å². The fourth-order valence-electron chi connectivity index (χ4n) is 5.05. The molecule has 0 spiro atoms. The molecule has 1 unspecified atom stereocenters. The van der Waals surface area contributed by atoms with Crippen LogP contribution in [-0.2, 0) is 16.6 Å². The van der Waals surface area contributed by atoms with Gasteiger partial charge in [-0.1, -0.05) is 32.9 Å². The van der Waals surface area contributed by atoms with E-state index < -0.39 is 18.0 Å². The van der Waals surface area contributed by atoms with Gasteiger partial charge in [-0.05, 0) is 72.9 Å². The number of nitrogens with one attached hydrogen (secondary N) is 1. The number of rotatable bonds is 8. The van der Waals surface area contributed by atoms with Gasteiger partial charge in [0, 0.05) is 24.9 Å². The van der Waals surface area contributed by atoms with E-state index in [1.54, 1.807) is 12.1 Å². The SMILES string of the molecule is Cc1ccc(C2(C(=O)Nc3cc4c(cc3F)N(CCCO)C(C(C)(C)C)C4)CC2)cc1OCO. The molecule has 7 heteroatoms. The Balaban J connectivity index is 1.59. The smallest absolute Gasteiger partial charge is 0.235 e. The first-order valence-corrected chi connectivity index (χ1v) is 12.0. The molecule has 1 amide bonds. The highest BCUT2D eigenvalue weighted by Gasteiger charge is 2.51. The molecular formula is C27H35FN2O4. The lowest BCUT2D eigenvalue weighted by Crippen LogP contribution is -2.42. The Kier molecular flexibility index (Phi) is 6.62. The van der Waals surface area contributed by atoms with Gasteiger partial charge in [-0.15, -0.1) is 0 Å². The predicted octanol–water partition coefficient (Wildman–Crippen LogP) is 4.29. The lowest BCUT2D eigenvalue weighted by atomic mass is 9.84. The minimum Gasteiger partial charge on any atom is -0.467 e. The number of hydrogen-bond acceptors (Lipinski definition) is 5. The first-order chi connectivity index (χ1) is 16.1. The molecule has 2 aliphatic rings. The molecule has 0 radical (unpaired) electrons. The van der Waals surface area contributed by atoms with Crippen LogP contribution in [0.1, 0.15) is 56.7 Å². The number of anilines is 2. The molecule has 34 heavy (non-hydrogen) atoms. The van der Waals surface area contributed by atoms with Crippen LogP contribution in [-0.4, -0.2) is 42.1 Å². The van der Waals surface area contributed by atoms with Gasteiger partial charge in [0.05, 0.1) is 11.1 Å². The first kappa shape index (κ1) is 24.5. The minimum absolute atomic E-state index is 0.0216. The first-order valence-electron chi connectivity index (χ1n) is 12.0. The number of carbonyl (C=O) groups is 1. The zero-order chi connectivity index (χ0) is 24.7. The van der Waals surface area contributed by atoms with Crippen molar-refractivity contribution in [1.82, 2.24) is 0 Å². The Morgan fingerprint density at radius 2 is 1.97 bits per heavy atom. The highest BCUT2D eigenvalue weighted by molar-refractivity contribution is 6.01. The molecule has 6 nitrogen and oxygen atoms in total. The summed E-state index contributed by atoms with van der Waals surface area (Å²) in [6.07, 6.45) is 2.73. The summed E-state index contributed by atoms with van der Waals surface area (Å²) in [6, 6.07) is 9.05. The molecule has 4 rings (SSSR count). The number of aryl methyl sites for hydroxylation is 1. The summed E-state index contributed by atoms with van der Waals surface area (Å²) in [5.41, 5.74) is 3.00. The van der Waals surface area contributed by atoms with E-state index in [0.717, 1.165) is 28.8 Å². The quantitative estimate of drug-likeness (QED) is 0.502. The molecule has 1 atom stereocenters. The summed E-state index contributed by atoms with van der Waals surface area (Å²) >= 11 is 0. The largest absolute Gasteiger partial charge is 0.467 e. The number of aliphatic hydroxyl groups is 2. The van der Waals surface area contributed by atoms with Crippen molar-refractivity contribution in [2.75, 3.05) is 30.2 Å². The van der Waals surface area contributed by atoms with E-state index in [9.17, 15) is 9.90 Å². The average Bonchev–Trinajstić information content (AvgIpc) is 3.51. The third-order valence-electron chi connectivity index (χ3n) is 7.22. The Morgan fingerprint density at radius 3 is 2.59 bits per heavy atom. The zero-order valence-corrected chi connectivity index (χ0v) is 20.4. The molecule has 1 aliphatic heterocycles. The minimum atomic E-state index is -0.714. The average molecular weight is 471 g/mol. The predicted molar refractivity (Wildman–Crippen MR) is 131 cm³/mol. The maximum atomic E-state index is 15.2. The van der Waals surface area contributed by atoms with Crippen LogP contribution < -0.4 is 15.0 Å². The number of nitrogens with zero attached hydrogens (tertiary/aromatic N) is 1. The topological polar surface area (TPSA) is 82.0 Å². The maximum absolute atomic E-state index is 15.2. The van der Waals surface area contributed by atoms with Crippen LogP contribution in [0.5, 0.6) is 5.75 Å². The summed E-state index contributed by atoms with van der Waals surface area (Å²) in [6.45, 7) is 8.69. The molecule has 0 aromatic heterocycles. The van der Waals surface area contributed by atoms with Gasteiger partial charge < -0.3 is 25.2 Å². The van der Waals surface area contributed by atoms with Gasteiger partial charge >= 0.3 is 0 Å². The molecule has 2 aromatic carbocycles. The van der Waals surface area contributed by atoms with E-state index >= 15 is 4.39 Å². The lowest BCUT2D eigenvalue weighted by molar-refractivity contribution is -0.118. The molecule has 3 N–H and O–H groups in total. The standard InChI is InChI=1S/C27H35FN2O4/c1-17-6-7-19(14-23(17)34-16-32)27(8-9-27)25(33)29-21-12-18-13-24(26(2,3)4)30(10-5-11-31)22(18)15-20(21)28/h6-7,12,14-15,24,31-32H,5,8-11,13,16H2,1-4H3,(H,29,33). The lowest BCUT2D eigenvalue weighted by Gasteiger charge is -2.37. The van der Waals surface area contributed by atoms with Crippen molar-refractivity contribution in [3.8, 4) is 5.75 Å². The van der Waals surface area contributed by atoms with E-state index in [1.807, 2.05) is 19.1 Å². The number of halogens is 1. The molecule has 1 aliphatic carbocycles. The van der Waals surface area contributed by atoms with E-state index in [2.05, 4.69) is 31.0 Å². The van der Waals surface area contributed by atoms with Crippen molar-refractivity contribution in [2.24, 2.45) is 5.41 Å². The van der Waals surface area contributed by atoms with Gasteiger partial charge in [0.2, 0.25) is 5.91 Å². The number of amides is 1. The molecule has 0 saturated heterocycles. The van der Waals surface area contributed by atoms with Gasteiger partial charge in [0.15, 0.2) is 6.79 Å². The number of fused-ring (bicyclic) bond motifs is 1. The van der Waals surface area contributed by atoms with Crippen LogP contribution in [0.2, 0.25) is 0 Å². The van der Waals surface area contributed by atoms with Gasteiger partial charge in [0.25, 0.3) is 0 Å². The molecule has 184 valence electrons. The Bertz CT molecular complexity index is 1080. The van der Waals surface area contributed by atoms with E-state index in [-0.39, 0.29) is 29.7 Å². The Morgan fingerprint density at radius 1 is 1.24 bits per heavy atom. The highest BCUT2D eigenvalue weighted by atomic mass is 19.1. The van der Waals surface area contributed by atoms with Crippen LogP contribution in [0.25, 0.3) is 0 Å². The number of hydrogen-bond donors (Lipinski definition) is 3. The van der Waals surface area contributed by atoms with Crippen molar-refractivity contribution in [3.05, 3.63) is 52.8 Å². The monoisotopic (exact) mass is 470 g/mol. The van der Waals surface area contributed by atoms with Gasteiger partial charge in [0.1, 0.15) is 11.6 Å². The fourth-order valence-corrected chi connectivity index (χ4v) is 5.05. The van der Waals surface area contributed by atoms with Crippen molar-refractivity contribution >= 4 is 17.3 Å². The number of aliphatic hydroxyl groups excluding tert-OH is 2. The van der Waals surface area contributed by atoms with Crippen molar-refractivity contribution < 1.29 is 24.1 Å². The van der Waals surface area contributed by atoms with Gasteiger partial charge in [-0.3, -0.25) is 4.79 Å². The second kappa shape index (κ2) is 9.19. The van der Waals surface area contributed by atoms with Crippen LogP contribution in [0.15, 0.2) is 30.3 Å². The second-order valence-electron chi connectivity index (χ2n) is 10.6. The second-order valence-corrected chi connectivity index (χ2v) is 10.6. The van der Waals surface area contributed by atoms with E-state index in [0.29, 0.717) is 31.6 Å². The van der Waals surface area contributed by atoms with Gasteiger partial charge in [-0.25, -0.2) is 4.39 Å². The summed E-state index contributed by atoms with van der Waals surface area (Å²) in [5.74, 6) is -0.147. The Hall–Kier alpha value is -2.64. The molecule has 1 saturated carbocycles. The van der Waals surface area contributed by atoms with Crippen molar-refractivity contribution in [2.45, 2.75) is 64.8 Å².